The van der Waals surface area contributed by atoms with Crippen LogP contribution in [0.3, 0.4) is 0 Å². The molecule has 2 aromatic carbocycles. The Balaban J connectivity index is 1.61. The highest BCUT2D eigenvalue weighted by molar-refractivity contribution is 6.07. The maximum absolute atomic E-state index is 13.1. The highest BCUT2D eigenvalue weighted by Gasteiger charge is 2.24. The first-order valence-corrected chi connectivity index (χ1v) is 10.5. The maximum Gasteiger partial charge on any atom is 0.293 e. The molecule has 0 saturated carbocycles. The number of nitrogens with zero attached hydrogens (tertiary/aromatic N) is 3. The van der Waals surface area contributed by atoms with Gasteiger partial charge in [-0.1, -0.05) is 0 Å². The Morgan fingerprint density at radius 1 is 0.969 bits per heavy atom. The molecule has 0 unspecified atom stereocenters. The maximum atomic E-state index is 13.1. The Morgan fingerprint density at radius 3 is 2.16 bits per heavy atom. The third kappa shape index (κ3) is 4.76. The van der Waals surface area contributed by atoms with E-state index in [2.05, 4.69) is 10.2 Å². The normalized spacial score (nSPS) is 16.5. The summed E-state index contributed by atoms with van der Waals surface area (Å²) in [6.07, 6.45) is 0. The lowest BCUT2D eigenvalue weighted by atomic mass is 10.1. The zero-order chi connectivity index (χ0) is 22.5. The summed E-state index contributed by atoms with van der Waals surface area (Å²) < 4.78 is 16.1. The molecular weight excluding hydrogens is 416 g/mol. The Labute approximate surface area is 185 Å². The van der Waals surface area contributed by atoms with Crippen molar-refractivity contribution < 1.29 is 23.9 Å². The number of nitro benzene ring substituents is 1. The molecule has 2 aliphatic rings. The molecule has 2 aromatic rings. The van der Waals surface area contributed by atoms with Gasteiger partial charge in [0.25, 0.3) is 11.6 Å². The Morgan fingerprint density at radius 2 is 1.56 bits per heavy atom. The molecule has 0 aliphatic carbocycles. The number of benzene rings is 2. The molecule has 4 rings (SSSR count). The Bertz CT molecular complexity index is 986. The van der Waals surface area contributed by atoms with Crippen LogP contribution in [0, 0.1) is 10.1 Å². The van der Waals surface area contributed by atoms with Crippen molar-refractivity contribution in [2.75, 3.05) is 74.8 Å². The molecule has 0 radical (unpaired) electrons. The van der Waals surface area contributed by atoms with Crippen molar-refractivity contribution in [3.8, 4) is 5.75 Å². The van der Waals surface area contributed by atoms with E-state index in [1.807, 2.05) is 17.0 Å². The molecule has 0 bridgehead atoms. The second-order valence-electron chi connectivity index (χ2n) is 7.50. The highest BCUT2D eigenvalue weighted by Crippen LogP contribution is 2.33. The van der Waals surface area contributed by atoms with Crippen molar-refractivity contribution in [2.45, 2.75) is 0 Å². The van der Waals surface area contributed by atoms with E-state index in [4.69, 9.17) is 14.2 Å². The number of carbonyl (C=O) groups is 1. The van der Waals surface area contributed by atoms with E-state index in [0.29, 0.717) is 69.7 Å². The number of nitrogens with one attached hydrogen (secondary N) is 1. The van der Waals surface area contributed by atoms with Crippen LogP contribution in [0.2, 0.25) is 0 Å². The molecule has 2 heterocycles. The number of amides is 1. The summed E-state index contributed by atoms with van der Waals surface area (Å²) in [6.45, 7) is 4.78. The topological polar surface area (TPSA) is 106 Å². The molecule has 1 N–H and O–H groups in total. The number of nitro groups is 1. The average Bonchev–Trinajstić information content (AvgIpc) is 2.84. The van der Waals surface area contributed by atoms with Crippen molar-refractivity contribution in [2.24, 2.45) is 0 Å². The Kier molecular flexibility index (Phi) is 6.72. The molecule has 0 aromatic heterocycles. The van der Waals surface area contributed by atoms with E-state index in [1.54, 1.807) is 25.3 Å². The minimum absolute atomic E-state index is 0.0985. The molecule has 10 heteroatoms. The molecule has 170 valence electrons. The molecule has 1 amide bonds. The van der Waals surface area contributed by atoms with Gasteiger partial charge in [0.1, 0.15) is 11.4 Å². The molecule has 2 saturated heterocycles. The summed E-state index contributed by atoms with van der Waals surface area (Å²) in [5, 5.41) is 14.6. The molecular formula is C22H26N4O6. The number of methoxy groups -OCH3 is 1. The summed E-state index contributed by atoms with van der Waals surface area (Å²) in [5.74, 6) is 0.176. The van der Waals surface area contributed by atoms with Gasteiger partial charge in [-0.3, -0.25) is 14.9 Å². The van der Waals surface area contributed by atoms with Crippen molar-refractivity contribution in [1.29, 1.82) is 0 Å². The van der Waals surface area contributed by atoms with Gasteiger partial charge in [0, 0.05) is 43.9 Å². The van der Waals surface area contributed by atoms with E-state index in [-0.39, 0.29) is 11.3 Å². The van der Waals surface area contributed by atoms with Crippen LogP contribution in [0.1, 0.15) is 10.4 Å². The molecule has 0 spiro atoms. The number of hydrogen-bond acceptors (Lipinski definition) is 8. The van der Waals surface area contributed by atoms with Gasteiger partial charge in [-0.15, -0.1) is 0 Å². The third-order valence-electron chi connectivity index (χ3n) is 5.59. The fourth-order valence-corrected chi connectivity index (χ4v) is 3.90. The van der Waals surface area contributed by atoms with Gasteiger partial charge in [0.15, 0.2) is 0 Å². The number of rotatable bonds is 6. The van der Waals surface area contributed by atoms with Gasteiger partial charge >= 0.3 is 0 Å². The number of hydrogen-bond donors (Lipinski definition) is 1. The number of morpholine rings is 2. The van der Waals surface area contributed by atoms with Crippen LogP contribution in [-0.2, 0) is 9.47 Å². The van der Waals surface area contributed by atoms with Crippen LogP contribution in [0.25, 0.3) is 0 Å². The SMILES string of the molecule is COc1ccc(N2CCOCC2)c(NC(=O)c2ccc(N3CCOCC3)c([N+](=O)[O-])c2)c1. The second-order valence-corrected chi connectivity index (χ2v) is 7.50. The molecule has 32 heavy (non-hydrogen) atoms. The predicted molar refractivity (Wildman–Crippen MR) is 120 cm³/mol. The first-order chi connectivity index (χ1) is 15.6. The standard InChI is InChI=1S/C22H26N4O6/c1-30-17-3-5-19(24-6-10-31-11-7-24)18(15-17)23-22(27)16-2-4-20(21(14-16)26(28)29)25-8-12-32-13-9-25/h2-5,14-15H,6-13H2,1H3,(H,23,27). The first-order valence-electron chi connectivity index (χ1n) is 10.5. The molecule has 0 atom stereocenters. The van der Waals surface area contributed by atoms with Crippen LogP contribution >= 0.6 is 0 Å². The van der Waals surface area contributed by atoms with E-state index in [9.17, 15) is 14.9 Å². The van der Waals surface area contributed by atoms with Crippen LogP contribution < -0.4 is 19.9 Å². The van der Waals surface area contributed by atoms with E-state index < -0.39 is 10.8 Å². The largest absolute Gasteiger partial charge is 0.497 e. The molecule has 2 fully saturated rings. The van der Waals surface area contributed by atoms with Crippen LogP contribution in [-0.4, -0.2) is 70.5 Å². The summed E-state index contributed by atoms with van der Waals surface area (Å²) in [5.41, 5.74) is 2.03. The monoisotopic (exact) mass is 442 g/mol. The molecule has 10 nitrogen and oxygen atoms in total. The number of ether oxygens (including phenoxy) is 3. The van der Waals surface area contributed by atoms with Crippen LogP contribution in [0.5, 0.6) is 5.75 Å². The van der Waals surface area contributed by atoms with Crippen molar-refractivity contribution in [3.05, 3.63) is 52.1 Å². The quantitative estimate of drug-likeness (QED) is 0.537. The van der Waals surface area contributed by atoms with Crippen LogP contribution in [0.4, 0.5) is 22.7 Å². The minimum Gasteiger partial charge on any atom is -0.497 e. The number of carbonyl (C=O) groups excluding carboxylic acids is 1. The van der Waals surface area contributed by atoms with Crippen LogP contribution in [0.15, 0.2) is 36.4 Å². The Hall–Kier alpha value is -3.37. The van der Waals surface area contributed by atoms with E-state index >= 15 is 0 Å². The van der Waals surface area contributed by atoms with Gasteiger partial charge in [-0.2, -0.15) is 0 Å². The lowest BCUT2D eigenvalue weighted by Crippen LogP contribution is -2.37. The van der Waals surface area contributed by atoms with Crippen molar-refractivity contribution in [3.63, 3.8) is 0 Å². The lowest BCUT2D eigenvalue weighted by molar-refractivity contribution is -0.384. The third-order valence-corrected chi connectivity index (χ3v) is 5.59. The fraction of sp³-hybridized carbons (Fsp3) is 0.409. The van der Waals surface area contributed by atoms with Crippen molar-refractivity contribution in [1.82, 2.24) is 0 Å². The number of anilines is 3. The van der Waals surface area contributed by atoms with Crippen molar-refractivity contribution >= 4 is 28.7 Å². The highest BCUT2D eigenvalue weighted by atomic mass is 16.6. The van der Waals surface area contributed by atoms with Gasteiger partial charge < -0.3 is 29.3 Å². The summed E-state index contributed by atoms with van der Waals surface area (Å²) in [6, 6.07) is 10.1. The zero-order valence-corrected chi connectivity index (χ0v) is 17.9. The first kappa shape index (κ1) is 21.8. The van der Waals surface area contributed by atoms with Gasteiger partial charge in [-0.25, -0.2) is 0 Å². The van der Waals surface area contributed by atoms with E-state index in [1.165, 1.54) is 6.07 Å². The lowest BCUT2D eigenvalue weighted by Gasteiger charge is -2.30. The predicted octanol–water partition coefficient (Wildman–Crippen LogP) is 2.53. The smallest absolute Gasteiger partial charge is 0.293 e. The van der Waals surface area contributed by atoms with Gasteiger partial charge in [0.05, 0.1) is 49.8 Å². The summed E-state index contributed by atoms with van der Waals surface area (Å²) >= 11 is 0. The second kappa shape index (κ2) is 9.84. The minimum atomic E-state index is -0.452. The summed E-state index contributed by atoms with van der Waals surface area (Å²) in [4.78, 5) is 28.4. The molecule has 2 aliphatic heterocycles. The van der Waals surface area contributed by atoms with Gasteiger partial charge in [0.2, 0.25) is 0 Å². The summed E-state index contributed by atoms with van der Waals surface area (Å²) in [7, 11) is 1.56. The average molecular weight is 442 g/mol. The van der Waals surface area contributed by atoms with Gasteiger partial charge in [-0.05, 0) is 24.3 Å². The zero-order valence-electron chi connectivity index (χ0n) is 17.9. The fourth-order valence-electron chi connectivity index (χ4n) is 3.90. The van der Waals surface area contributed by atoms with E-state index in [0.717, 1.165) is 5.69 Å².